The molecule has 1 heterocycles. The minimum atomic E-state index is 0.255. The largest absolute Gasteiger partial charge is 0.507 e. The molecule has 4 nitrogen and oxygen atoms in total. The number of hydrogen-bond donors (Lipinski definition) is 2. The van der Waals surface area contributed by atoms with Crippen molar-refractivity contribution in [2.45, 2.75) is 6.54 Å². The lowest BCUT2D eigenvalue weighted by Gasteiger charge is -2.05. The first-order valence-electron chi connectivity index (χ1n) is 4.85. The Morgan fingerprint density at radius 2 is 2.31 bits per heavy atom. The quantitative estimate of drug-likeness (QED) is 0.909. The first kappa shape index (κ1) is 11.0. The Balaban J connectivity index is 2.02. The lowest BCUT2D eigenvalue weighted by Crippen LogP contribution is -1.98. The van der Waals surface area contributed by atoms with E-state index in [0.717, 1.165) is 11.3 Å². The Hall–Kier alpha value is -1.49. The molecule has 0 fully saturated rings. The Kier molecular flexibility index (Phi) is 3.14. The third-order valence-corrected chi connectivity index (χ3v) is 2.85. The van der Waals surface area contributed by atoms with Crippen LogP contribution in [-0.4, -0.2) is 14.9 Å². The summed E-state index contributed by atoms with van der Waals surface area (Å²) in [4.78, 5) is 0. The highest BCUT2D eigenvalue weighted by atomic mass is 79.9. The second kappa shape index (κ2) is 4.57. The molecule has 0 saturated carbocycles. The van der Waals surface area contributed by atoms with E-state index in [4.69, 9.17) is 0 Å². The van der Waals surface area contributed by atoms with E-state index >= 15 is 0 Å². The van der Waals surface area contributed by atoms with Crippen LogP contribution in [0.5, 0.6) is 5.75 Å². The van der Waals surface area contributed by atoms with Gasteiger partial charge in [-0.05, 0) is 33.6 Å². The monoisotopic (exact) mass is 281 g/mol. The van der Waals surface area contributed by atoms with Crippen LogP contribution >= 0.6 is 15.9 Å². The molecule has 0 spiro atoms. The zero-order chi connectivity index (χ0) is 11.5. The zero-order valence-electron chi connectivity index (χ0n) is 8.81. The third-order valence-electron chi connectivity index (χ3n) is 2.21. The smallest absolute Gasteiger partial charge is 0.129 e. The average Bonchev–Trinajstić information content (AvgIpc) is 2.66. The number of hydrogen-bond acceptors (Lipinski definition) is 3. The fraction of sp³-hybridized carbons (Fsp3) is 0.182. The summed E-state index contributed by atoms with van der Waals surface area (Å²) in [7, 11) is 1.88. The number of aryl methyl sites for hydroxylation is 1. The van der Waals surface area contributed by atoms with Gasteiger partial charge in [-0.25, -0.2) is 0 Å². The molecule has 16 heavy (non-hydrogen) atoms. The molecule has 2 N–H and O–H groups in total. The Morgan fingerprint density at radius 1 is 1.50 bits per heavy atom. The first-order chi connectivity index (χ1) is 7.65. The van der Waals surface area contributed by atoms with Crippen molar-refractivity contribution in [1.29, 1.82) is 0 Å². The standard InChI is InChI=1S/C11H12BrN3O/c1-15-7-9(6-14-15)13-5-8-2-3-11(16)10(12)4-8/h2-4,6-7,13,16H,5H2,1H3. The molecule has 0 atom stereocenters. The zero-order valence-corrected chi connectivity index (χ0v) is 10.4. The van der Waals surface area contributed by atoms with Gasteiger partial charge >= 0.3 is 0 Å². The number of aromatic hydroxyl groups is 1. The summed E-state index contributed by atoms with van der Waals surface area (Å²) < 4.78 is 2.45. The number of nitrogens with zero attached hydrogens (tertiary/aromatic N) is 2. The molecule has 0 amide bonds. The number of rotatable bonds is 3. The highest BCUT2D eigenvalue weighted by molar-refractivity contribution is 9.10. The Bertz CT molecular complexity index is 496. The molecular weight excluding hydrogens is 270 g/mol. The van der Waals surface area contributed by atoms with Crippen molar-refractivity contribution in [3.8, 4) is 5.75 Å². The van der Waals surface area contributed by atoms with Gasteiger partial charge in [-0.3, -0.25) is 4.68 Å². The molecule has 2 rings (SSSR count). The van der Waals surface area contributed by atoms with Crippen molar-refractivity contribution >= 4 is 21.6 Å². The van der Waals surface area contributed by atoms with E-state index in [9.17, 15) is 5.11 Å². The lowest BCUT2D eigenvalue weighted by atomic mass is 10.2. The molecule has 0 unspecified atom stereocenters. The lowest BCUT2D eigenvalue weighted by molar-refractivity contribution is 0.471. The molecular formula is C11H12BrN3O. The van der Waals surface area contributed by atoms with Crippen LogP contribution in [0.2, 0.25) is 0 Å². The number of benzene rings is 1. The van der Waals surface area contributed by atoms with E-state index in [1.54, 1.807) is 16.9 Å². The summed E-state index contributed by atoms with van der Waals surface area (Å²) >= 11 is 3.28. The highest BCUT2D eigenvalue weighted by Crippen LogP contribution is 2.24. The Labute approximate surface area is 102 Å². The van der Waals surface area contributed by atoms with E-state index in [1.807, 2.05) is 25.4 Å². The van der Waals surface area contributed by atoms with Gasteiger partial charge in [0.05, 0.1) is 16.4 Å². The highest BCUT2D eigenvalue weighted by Gasteiger charge is 2.00. The van der Waals surface area contributed by atoms with Gasteiger partial charge in [-0.1, -0.05) is 6.07 Å². The minimum absolute atomic E-state index is 0.255. The van der Waals surface area contributed by atoms with Crippen molar-refractivity contribution in [2.24, 2.45) is 7.05 Å². The minimum Gasteiger partial charge on any atom is -0.507 e. The van der Waals surface area contributed by atoms with Gasteiger partial charge in [-0.15, -0.1) is 0 Å². The topological polar surface area (TPSA) is 50.1 Å². The number of anilines is 1. The van der Waals surface area contributed by atoms with Crippen molar-refractivity contribution < 1.29 is 5.11 Å². The molecule has 0 radical (unpaired) electrons. The van der Waals surface area contributed by atoms with Crippen LogP contribution in [-0.2, 0) is 13.6 Å². The normalized spacial score (nSPS) is 10.4. The number of phenols is 1. The average molecular weight is 282 g/mol. The third kappa shape index (κ3) is 2.55. The van der Waals surface area contributed by atoms with E-state index < -0.39 is 0 Å². The van der Waals surface area contributed by atoms with E-state index in [0.29, 0.717) is 11.0 Å². The van der Waals surface area contributed by atoms with Crippen LogP contribution in [0, 0.1) is 0 Å². The maximum atomic E-state index is 9.35. The summed E-state index contributed by atoms with van der Waals surface area (Å²) in [5.41, 5.74) is 2.07. The van der Waals surface area contributed by atoms with Gasteiger partial charge in [0.15, 0.2) is 0 Å². The number of nitrogens with one attached hydrogen (secondary N) is 1. The van der Waals surface area contributed by atoms with Gasteiger partial charge < -0.3 is 10.4 Å². The number of halogens is 1. The fourth-order valence-electron chi connectivity index (χ4n) is 1.38. The molecule has 0 saturated heterocycles. The van der Waals surface area contributed by atoms with Gasteiger partial charge in [0.1, 0.15) is 5.75 Å². The first-order valence-corrected chi connectivity index (χ1v) is 5.64. The molecule has 0 aliphatic rings. The summed E-state index contributed by atoms with van der Waals surface area (Å²) in [5.74, 6) is 0.255. The van der Waals surface area contributed by atoms with Crippen molar-refractivity contribution in [3.63, 3.8) is 0 Å². The molecule has 84 valence electrons. The van der Waals surface area contributed by atoms with Crippen LogP contribution in [0.25, 0.3) is 0 Å². The van der Waals surface area contributed by atoms with Crippen LogP contribution in [0.3, 0.4) is 0 Å². The fourth-order valence-corrected chi connectivity index (χ4v) is 1.80. The summed E-state index contributed by atoms with van der Waals surface area (Å²) in [6, 6.07) is 5.44. The molecule has 5 heteroatoms. The van der Waals surface area contributed by atoms with E-state index in [2.05, 4.69) is 26.3 Å². The molecule has 0 aliphatic carbocycles. The second-order valence-electron chi connectivity index (χ2n) is 3.54. The second-order valence-corrected chi connectivity index (χ2v) is 4.40. The van der Waals surface area contributed by atoms with Crippen LogP contribution in [0.1, 0.15) is 5.56 Å². The molecule has 2 aromatic rings. The van der Waals surface area contributed by atoms with E-state index in [1.165, 1.54) is 0 Å². The summed E-state index contributed by atoms with van der Waals surface area (Å²) in [6.45, 7) is 0.699. The maximum absolute atomic E-state index is 9.35. The van der Waals surface area contributed by atoms with Gasteiger partial charge in [0.2, 0.25) is 0 Å². The predicted octanol–water partition coefficient (Wildman–Crippen LogP) is 2.50. The molecule has 1 aromatic heterocycles. The molecule has 0 aliphatic heterocycles. The van der Waals surface area contributed by atoms with Crippen molar-refractivity contribution in [3.05, 3.63) is 40.6 Å². The van der Waals surface area contributed by atoms with E-state index in [-0.39, 0.29) is 5.75 Å². The predicted molar refractivity (Wildman–Crippen MR) is 66.3 cm³/mol. The van der Waals surface area contributed by atoms with Crippen LogP contribution in [0.15, 0.2) is 35.1 Å². The van der Waals surface area contributed by atoms with Gasteiger partial charge in [-0.2, -0.15) is 5.10 Å². The van der Waals surface area contributed by atoms with Gasteiger partial charge in [0, 0.05) is 19.8 Å². The van der Waals surface area contributed by atoms with Gasteiger partial charge in [0.25, 0.3) is 0 Å². The number of phenolic OH excluding ortho intramolecular Hbond substituents is 1. The van der Waals surface area contributed by atoms with Crippen LogP contribution in [0.4, 0.5) is 5.69 Å². The van der Waals surface area contributed by atoms with Crippen molar-refractivity contribution in [2.75, 3.05) is 5.32 Å². The summed E-state index contributed by atoms with van der Waals surface area (Å²) in [6.07, 6.45) is 3.69. The Morgan fingerprint density at radius 3 is 2.94 bits per heavy atom. The molecule has 1 aromatic carbocycles. The van der Waals surface area contributed by atoms with Crippen LogP contribution < -0.4 is 5.32 Å². The van der Waals surface area contributed by atoms with Crippen molar-refractivity contribution in [1.82, 2.24) is 9.78 Å². The summed E-state index contributed by atoms with van der Waals surface area (Å²) in [5, 5.41) is 16.7. The SMILES string of the molecule is Cn1cc(NCc2ccc(O)c(Br)c2)cn1. The number of aromatic nitrogens is 2. The maximum Gasteiger partial charge on any atom is 0.129 e. The molecule has 0 bridgehead atoms.